The van der Waals surface area contributed by atoms with Gasteiger partial charge in [0.25, 0.3) is 0 Å². The largest absolute Gasteiger partial charge is 0.463 e. The summed E-state index contributed by atoms with van der Waals surface area (Å²) in [7, 11) is 0. The Morgan fingerprint density at radius 1 is 1.29 bits per heavy atom. The van der Waals surface area contributed by atoms with Gasteiger partial charge in [-0.15, -0.1) is 0 Å². The Bertz CT molecular complexity index is 374. The molecule has 0 atom stereocenters. The van der Waals surface area contributed by atoms with Crippen LogP contribution < -0.4 is 0 Å². The first-order chi connectivity index (χ1) is 8.08. The Labute approximate surface area is 103 Å². The number of carbonyl (C=O) groups excluding carboxylic acids is 1. The van der Waals surface area contributed by atoms with Crippen LogP contribution in [0.5, 0.6) is 0 Å². The standard InChI is InChI=1S/C15H20O2/c1-12(2)10-11-17-15(16)9-8-14-6-4-13(3)5-7-14/h4-9,12H,10-11H2,1-3H3. The molecule has 1 aromatic rings. The molecule has 0 amide bonds. The Balaban J connectivity index is 2.37. The molecule has 0 bridgehead atoms. The molecule has 0 fully saturated rings. The van der Waals surface area contributed by atoms with Crippen LogP contribution in [0.3, 0.4) is 0 Å². The lowest BCUT2D eigenvalue weighted by Gasteiger charge is -2.04. The molecule has 2 nitrogen and oxygen atoms in total. The first kappa shape index (κ1) is 13.5. The van der Waals surface area contributed by atoms with Crippen molar-refractivity contribution in [3.8, 4) is 0 Å². The zero-order valence-corrected chi connectivity index (χ0v) is 10.8. The summed E-state index contributed by atoms with van der Waals surface area (Å²) in [6.07, 6.45) is 4.16. The van der Waals surface area contributed by atoms with Crippen molar-refractivity contribution in [3.05, 3.63) is 41.5 Å². The van der Waals surface area contributed by atoms with Gasteiger partial charge in [0, 0.05) is 6.08 Å². The molecule has 0 radical (unpaired) electrons. The molecule has 1 aromatic carbocycles. The van der Waals surface area contributed by atoms with Crippen LogP contribution in [0, 0.1) is 12.8 Å². The maximum absolute atomic E-state index is 11.4. The van der Waals surface area contributed by atoms with E-state index in [9.17, 15) is 4.79 Å². The molecule has 0 unspecified atom stereocenters. The van der Waals surface area contributed by atoms with Crippen LogP contribution in [-0.2, 0) is 9.53 Å². The SMILES string of the molecule is Cc1ccc(C=CC(=O)OCCC(C)C)cc1. The van der Waals surface area contributed by atoms with Crippen molar-refractivity contribution in [3.63, 3.8) is 0 Å². The van der Waals surface area contributed by atoms with E-state index in [0.29, 0.717) is 12.5 Å². The fraction of sp³-hybridized carbons (Fsp3) is 0.400. The van der Waals surface area contributed by atoms with Gasteiger partial charge in [-0.2, -0.15) is 0 Å². The Kier molecular flexibility index (Phi) is 5.47. The molecule has 17 heavy (non-hydrogen) atoms. The summed E-state index contributed by atoms with van der Waals surface area (Å²) in [5, 5.41) is 0. The van der Waals surface area contributed by atoms with Gasteiger partial charge in [0.05, 0.1) is 6.61 Å². The maximum Gasteiger partial charge on any atom is 0.330 e. The van der Waals surface area contributed by atoms with E-state index in [1.54, 1.807) is 6.08 Å². The average molecular weight is 232 g/mol. The summed E-state index contributed by atoms with van der Waals surface area (Å²) in [5.41, 5.74) is 2.22. The smallest absolute Gasteiger partial charge is 0.330 e. The Morgan fingerprint density at radius 3 is 2.53 bits per heavy atom. The molecule has 0 aliphatic rings. The molecule has 0 aliphatic heterocycles. The van der Waals surface area contributed by atoms with E-state index in [4.69, 9.17) is 4.74 Å². The highest BCUT2D eigenvalue weighted by molar-refractivity contribution is 5.87. The number of esters is 1. The second-order valence-corrected chi connectivity index (χ2v) is 4.59. The van der Waals surface area contributed by atoms with Gasteiger partial charge < -0.3 is 4.74 Å². The van der Waals surface area contributed by atoms with Crippen LogP contribution >= 0.6 is 0 Å². The molecule has 0 N–H and O–H groups in total. The number of hydrogen-bond acceptors (Lipinski definition) is 2. The lowest BCUT2D eigenvalue weighted by Crippen LogP contribution is -2.04. The summed E-state index contributed by atoms with van der Waals surface area (Å²) in [5.74, 6) is 0.287. The van der Waals surface area contributed by atoms with Crippen LogP contribution in [0.4, 0.5) is 0 Å². The minimum atomic E-state index is -0.272. The lowest BCUT2D eigenvalue weighted by molar-refractivity contribution is -0.137. The average Bonchev–Trinajstić information content (AvgIpc) is 2.28. The highest BCUT2D eigenvalue weighted by Crippen LogP contribution is 2.05. The van der Waals surface area contributed by atoms with Crippen molar-refractivity contribution in [1.29, 1.82) is 0 Å². The zero-order valence-electron chi connectivity index (χ0n) is 10.8. The monoisotopic (exact) mass is 232 g/mol. The molecule has 1 rings (SSSR count). The van der Waals surface area contributed by atoms with Gasteiger partial charge in [-0.25, -0.2) is 4.79 Å². The highest BCUT2D eigenvalue weighted by atomic mass is 16.5. The van der Waals surface area contributed by atoms with Crippen molar-refractivity contribution in [2.45, 2.75) is 27.2 Å². The number of benzene rings is 1. The molecule has 0 aliphatic carbocycles. The van der Waals surface area contributed by atoms with E-state index < -0.39 is 0 Å². The molecule has 0 heterocycles. The summed E-state index contributed by atoms with van der Waals surface area (Å²) in [4.78, 5) is 11.4. The summed E-state index contributed by atoms with van der Waals surface area (Å²) < 4.78 is 5.07. The van der Waals surface area contributed by atoms with Gasteiger partial charge in [0.2, 0.25) is 0 Å². The van der Waals surface area contributed by atoms with Crippen LogP contribution in [0.2, 0.25) is 0 Å². The van der Waals surface area contributed by atoms with E-state index in [0.717, 1.165) is 12.0 Å². The van der Waals surface area contributed by atoms with E-state index in [1.165, 1.54) is 11.6 Å². The van der Waals surface area contributed by atoms with E-state index in [1.807, 2.05) is 31.2 Å². The quantitative estimate of drug-likeness (QED) is 0.572. The van der Waals surface area contributed by atoms with Gasteiger partial charge in [-0.1, -0.05) is 43.7 Å². The van der Waals surface area contributed by atoms with Crippen molar-refractivity contribution < 1.29 is 9.53 Å². The second kappa shape index (κ2) is 6.89. The molecule has 92 valence electrons. The van der Waals surface area contributed by atoms with Crippen molar-refractivity contribution in [1.82, 2.24) is 0 Å². The third kappa shape index (κ3) is 5.91. The first-order valence-electron chi connectivity index (χ1n) is 5.99. The number of carbonyl (C=O) groups is 1. The molecule has 0 saturated carbocycles. The maximum atomic E-state index is 11.4. The minimum absolute atomic E-state index is 0.272. The first-order valence-corrected chi connectivity index (χ1v) is 5.99. The third-order valence-corrected chi connectivity index (χ3v) is 2.43. The van der Waals surface area contributed by atoms with E-state index in [2.05, 4.69) is 13.8 Å². The van der Waals surface area contributed by atoms with Gasteiger partial charge in [-0.3, -0.25) is 0 Å². The third-order valence-electron chi connectivity index (χ3n) is 2.43. The van der Waals surface area contributed by atoms with Gasteiger partial charge in [-0.05, 0) is 30.9 Å². The molecule has 0 saturated heterocycles. The van der Waals surface area contributed by atoms with E-state index in [-0.39, 0.29) is 5.97 Å². The topological polar surface area (TPSA) is 26.3 Å². The number of aryl methyl sites for hydroxylation is 1. The number of rotatable bonds is 5. The second-order valence-electron chi connectivity index (χ2n) is 4.59. The van der Waals surface area contributed by atoms with Gasteiger partial charge in [0.1, 0.15) is 0 Å². The Morgan fingerprint density at radius 2 is 1.94 bits per heavy atom. The molecular formula is C15H20O2. The normalized spacial score (nSPS) is 11.1. The minimum Gasteiger partial charge on any atom is -0.463 e. The van der Waals surface area contributed by atoms with Crippen molar-refractivity contribution >= 4 is 12.0 Å². The van der Waals surface area contributed by atoms with Gasteiger partial charge >= 0.3 is 5.97 Å². The molecular weight excluding hydrogens is 212 g/mol. The van der Waals surface area contributed by atoms with Gasteiger partial charge in [0.15, 0.2) is 0 Å². The molecule has 0 aromatic heterocycles. The molecule has 0 spiro atoms. The van der Waals surface area contributed by atoms with Crippen LogP contribution in [-0.4, -0.2) is 12.6 Å². The summed E-state index contributed by atoms with van der Waals surface area (Å²) in [6.45, 7) is 6.74. The van der Waals surface area contributed by atoms with Crippen LogP contribution in [0.15, 0.2) is 30.3 Å². The van der Waals surface area contributed by atoms with E-state index >= 15 is 0 Å². The highest BCUT2D eigenvalue weighted by Gasteiger charge is 1.98. The summed E-state index contributed by atoms with van der Waals surface area (Å²) in [6, 6.07) is 7.99. The number of ether oxygens (including phenoxy) is 1. The molecule has 2 heteroatoms. The predicted octanol–water partition coefficient (Wildman–Crippen LogP) is 3.60. The summed E-state index contributed by atoms with van der Waals surface area (Å²) >= 11 is 0. The fourth-order valence-electron chi connectivity index (χ4n) is 1.29. The van der Waals surface area contributed by atoms with Crippen molar-refractivity contribution in [2.24, 2.45) is 5.92 Å². The van der Waals surface area contributed by atoms with Crippen molar-refractivity contribution in [2.75, 3.05) is 6.61 Å². The zero-order chi connectivity index (χ0) is 12.7. The lowest BCUT2D eigenvalue weighted by atomic mass is 10.1. The fourth-order valence-corrected chi connectivity index (χ4v) is 1.29. The predicted molar refractivity (Wildman–Crippen MR) is 70.6 cm³/mol. The van der Waals surface area contributed by atoms with Crippen LogP contribution in [0.25, 0.3) is 6.08 Å². The number of hydrogen-bond donors (Lipinski definition) is 0. The Hall–Kier alpha value is -1.57. The van der Waals surface area contributed by atoms with Crippen LogP contribution in [0.1, 0.15) is 31.4 Å².